The third-order valence-corrected chi connectivity index (χ3v) is 4.78. The van der Waals surface area contributed by atoms with Crippen LogP contribution in [0.15, 0.2) is 29.2 Å². The molecule has 6 heteroatoms. The molecule has 1 rings (SSSR count). The highest BCUT2D eigenvalue weighted by molar-refractivity contribution is 7.89. The molecule has 0 saturated carbocycles. The molecule has 0 unspecified atom stereocenters. The molecule has 1 aromatic rings. The van der Waals surface area contributed by atoms with E-state index < -0.39 is 16.0 Å². The van der Waals surface area contributed by atoms with E-state index in [1.807, 2.05) is 13.8 Å². The molecule has 0 bridgehead atoms. The summed E-state index contributed by atoms with van der Waals surface area (Å²) >= 11 is 0. The van der Waals surface area contributed by atoms with Gasteiger partial charge in [-0.1, -0.05) is 38.8 Å². The van der Waals surface area contributed by atoms with E-state index in [2.05, 4.69) is 9.46 Å². The van der Waals surface area contributed by atoms with Crippen molar-refractivity contribution in [3.05, 3.63) is 29.8 Å². The number of hydrogen-bond donors (Lipinski definition) is 1. The number of carbonyl (C=O) groups is 1. The summed E-state index contributed by atoms with van der Waals surface area (Å²) in [7, 11) is -2.49. The van der Waals surface area contributed by atoms with E-state index in [1.54, 1.807) is 12.1 Å². The predicted octanol–water partition coefficient (Wildman–Crippen LogP) is 2.19. The van der Waals surface area contributed by atoms with Crippen LogP contribution in [-0.2, 0) is 14.8 Å². The summed E-state index contributed by atoms with van der Waals surface area (Å²) in [5.74, 6) is -0.372. The van der Waals surface area contributed by atoms with Gasteiger partial charge in [-0.2, -0.15) is 0 Å². The van der Waals surface area contributed by atoms with Gasteiger partial charge in [-0.25, -0.2) is 17.9 Å². The fourth-order valence-electron chi connectivity index (χ4n) is 1.86. The minimum Gasteiger partial charge on any atom is -0.465 e. The first-order valence-electron chi connectivity index (χ1n) is 6.63. The van der Waals surface area contributed by atoms with Crippen LogP contribution in [0.4, 0.5) is 0 Å². The van der Waals surface area contributed by atoms with Gasteiger partial charge < -0.3 is 4.74 Å². The summed E-state index contributed by atoms with van der Waals surface area (Å²) in [5.41, 5.74) is 0.0482. The maximum Gasteiger partial charge on any atom is 0.339 e. The van der Waals surface area contributed by atoms with Crippen molar-refractivity contribution in [3.8, 4) is 0 Å². The molecule has 0 heterocycles. The van der Waals surface area contributed by atoms with Crippen LogP contribution in [0.5, 0.6) is 0 Å². The molecular formula is C14H21NO4S. The largest absolute Gasteiger partial charge is 0.465 e. The number of sulfonamides is 1. The Kier molecular flexibility index (Phi) is 6.16. The van der Waals surface area contributed by atoms with E-state index in [0.29, 0.717) is 6.54 Å². The number of benzene rings is 1. The third kappa shape index (κ3) is 4.05. The quantitative estimate of drug-likeness (QED) is 0.783. The summed E-state index contributed by atoms with van der Waals surface area (Å²) in [6, 6.07) is 6.03. The number of carbonyl (C=O) groups excluding carboxylic acids is 1. The number of hydrogen-bond acceptors (Lipinski definition) is 4. The van der Waals surface area contributed by atoms with E-state index in [9.17, 15) is 13.2 Å². The molecule has 5 nitrogen and oxygen atoms in total. The normalized spacial score (nSPS) is 11.6. The fourth-order valence-corrected chi connectivity index (χ4v) is 3.17. The van der Waals surface area contributed by atoms with Gasteiger partial charge in [0.2, 0.25) is 10.0 Å². The summed E-state index contributed by atoms with van der Waals surface area (Å²) in [6.07, 6.45) is 1.80. The minimum atomic E-state index is -3.71. The summed E-state index contributed by atoms with van der Waals surface area (Å²) in [4.78, 5) is 11.6. The number of ether oxygens (including phenoxy) is 1. The number of methoxy groups -OCH3 is 1. The molecule has 0 saturated heterocycles. The Balaban J connectivity index is 3.01. The topological polar surface area (TPSA) is 72.5 Å². The lowest BCUT2D eigenvalue weighted by atomic mass is 10.0. The van der Waals surface area contributed by atoms with Crippen molar-refractivity contribution < 1.29 is 17.9 Å². The van der Waals surface area contributed by atoms with Crippen LogP contribution in [0.25, 0.3) is 0 Å². The van der Waals surface area contributed by atoms with Crippen molar-refractivity contribution in [1.29, 1.82) is 0 Å². The zero-order valence-electron chi connectivity index (χ0n) is 12.0. The SMILES string of the molecule is CCC(CC)CNS(=O)(=O)c1ccccc1C(=O)OC. The molecule has 0 aliphatic rings. The van der Waals surface area contributed by atoms with Gasteiger partial charge in [0.25, 0.3) is 0 Å². The number of nitrogens with one attached hydrogen (secondary N) is 1. The molecule has 112 valence electrons. The molecule has 20 heavy (non-hydrogen) atoms. The third-order valence-electron chi connectivity index (χ3n) is 3.30. The van der Waals surface area contributed by atoms with Gasteiger partial charge in [-0.3, -0.25) is 0 Å². The standard InChI is InChI=1S/C14H21NO4S/c1-4-11(5-2)10-15-20(17,18)13-9-7-6-8-12(13)14(16)19-3/h6-9,11,15H,4-5,10H2,1-3H3. The van der Waals surface area contributed by atoms with Gasteiger partial charge in [0.15, 0.2) is 0 Å². The minimum absolute atomic E-state index is 0.0437. The van der Waals surface area contributed by atoms with Crippen molar-refractivity contribution in [2.24, 2.45) is 5.92 Å². The van der Waals surface area contributed by atoms with Crippen LogP contribution < -0.4 is 4.72 Å². The van der Waals surface area contributed by atoms with E-state index in [-0.39, 0.29) is 16.4 Å². The average molecular weight is 299 g/mol. The Bertz CT molecular complexity index is 550. The zero-order valence-corrected chi connectivity index (χ0v) is 12.9. The molecule has 0 spiro atoms. The Morgan fingerprint density at radius 3 is 2.40 bits per heavy atom. The molecule has 0 aliphatic carbocycles. The molecule has 0 amide bonds. The van der Waals surface area contributed by atoms with Crippen molar-refractivity contribution in [2.45, 2.75) is 31.6 Å². The smallest absolute Gasteiger partial charge is 0.339 e. The Hall–Kier alpha value is -1.40. The highest BCUT2D eigenvalue weighted by Crippen LogP contribution is 2.17. The monoisotopic (exact) mass is 299 g/mol. The van der Waals surface area contributed by atoms with Crippen LogP contribution in [0.3, 0.4) is 0 Å². The van der Waals surface area contributed by atoms with E-state index in [4.69, 9.17) is 0 Å². The highest BCUT2D eigenvalue weighted by Gasteiger charge is 2.22. The molecular weight excluding hydrogens is 278 g/mol. The fraction of sp³-hybridized carbons (Fsp3) is 0.500. The van der Waals surface area contributed by atoms with Gasteiger partial charge in [-0.05, 0) is 18.1 Å². The second kappa shape index (κ2) is 7.40. The molecule has 0 fully saturated rings. The maximum atomic E-state index is 12.3. The Labute approximate surface area is 120 Å². The van der Waals surface area contributed by atoms with Crippen molar-refractivity contribution in [3.63, 3.8) is 0 Å². The van der Waals surface area contributed by atoms with Gasteiger partial charge in [-0.15, -0.1) is 0 Å². The number of rotatable bonds is 7. The first-order valence-corrected chi connectivity index (χ1v) is 8.11. The highest BCUT2D eigenvalue weighted by atomic mass is 32.2. The summed E-state index contributed by atoms with van der Waals surface area (Å²) in [6.45, 7) is 4.40. The second-order valence-electron chi connectivity index (χ2n) is 4.52. The molecule has 1 N–H and O–H groups in total. The van der Waals surface area contributed by atoms with Crippen molar-refractivity contribution >= 4 is 16.0 Å². The van der Waals surface area contributed by atoms with Gasteiger partial charge in [0, 0.05) is 6.54 Å². The molecule has 0 radical (unpaired) electrons. The first-order chi connectivity index (χ1) is 9.46. The van der Waals surface area contributed by atoms with Crippen LogP contribution in [0.2, 0.25) is 0 Å². The van der Waals surface area contributed by atoms with Crippen LogP contribution in [0.1, 0.15) is 37.0 Å². The molecule has 0 aromatic heterocycles. The van der Waals surface area contributed by atoms with Gasteiger partial charge in [0.1, 0.15) is 0 Å². The maximum absolute atomic E-state index is 12.3. The van der Waals surface area contributed by atoms with Crippen molar-refractivity contribution in [2.75, 3.05) is 13.7 Å². The molecule has 0 atom stereocenters. The zero-order chi connectivity index (χ0) is 15.2. The van der Waals surface area contributed by atoms with E-state index in [0.717, 1.165) is 12.8 Å². The predicted molar refractivity (Wildman–Crippen MR) is 77.0 cm³/mol. The average Bonchev–Trinajstić information content (AvgIpc) is 2.47. The van der Waals surface area contributed by atoms with Gasteiger partial charge >= 0.3 is 5.97 Å². The second-order valence-corrected chi connectivity index (χ2v) is 6.26. The lowest BCUT2D eigenvalue weighted by Crippen LogP contribution is -2.30. The number of esters is 1. The van der Waals surface area contributed by atoms with E-state index >= 15 is 0 Å². The molecule has 0 aliphatic heterocycles. The Morgan fingerprint density at radius 2 is 1.85 bits per heavy atom. The van der Waals surface area contributed by atoms with Crippen LogP contribution >= 0.6 is 0 Å². The first kappa shape index (κ1) is 16.7. The van der Waals surface area contributed by atoms with E-state index in [1.165, 1.54) is 19.2 Å². The van der Waals surface area contributed by atoms with Crippen LogP contribution in [0, 0.1) is 5.92 Å². The van der Waals surface area contributed by atoms with Crippen LogP contribution in [-0.4, -0.2) is 28.0 Å². The van der Waals surface area contributed by atoms with Gasteiger partial charge in [0.05, 0.1) is 17.6 Å². The summed E-state index contributed by atoms with van der Waals surface area (Å²) in [5, 5.41) is 0. The summed E-state index contributed by atoms with van der Waals surface area (Å²) < 4.78 is 31.8. The van der Waals surface area contributed by atoms with Crippen molar-refractivity contribution in [1.82, 2.24) is 4.72 Å². The lowest BCUT2D eigenvalue weighted by Gasteiger charge is -2.14. The Morgan fingerprint density at radius 1 is 1.25 bits per heavy atom. The lowest BCUT2D eigenvalue weighted by molar-refractivity contribution is 0.0596. The molecule has 1 aromatic carbocycles.